The number of carboxylic acid groups (broad SMARTS) is 1. The molecule has 4 aromatic rings. The zero-order chi connectivity index (χ0) is 33.0. The van der Waals surface area contributed by atoms with Crippen LogP contribution in [0.1, 0.15) is 48.8 Å². The van der Waals surface area contributed by atoms with Crippen LogP contribution in [0.3, 0.4) is 0 Å². The number of ether oxygens (including phenoxy) is 3. The quantitative estimate of drug-likeness (QED) is 0.107. The van der Waals surface area contributed by atoms with Gasteiger partial charge in [-0.2, -0.15) is 4.73 Å². The summed E-state index contributed by atoms with van der Waals surface area (Å²) in [5, 5.41) is 25.9. The van der Waals surface area contributed by atoms with Gasteiger partial charge in [0.2, 0.25) is 0 Å². The largest absolute Gasteiger partial charge is 0.619 e. The highest BCUT2D eigenvalue weighted by atomic mass is 35.5. The average Bonchev–Trinajstić information content (AvgIpc) is 3.44. The van der Waals surface area contributed by atoms with Crippen LogP contribution in [0.5, 0.6) is 11.5 Å². The van der Waals surface area contributed by atoms with E-state index in [9.17, 15) is 19.9 Å². The van der Waals surface area contributed by atoms with E-state index >= 15 is 0 Å². The summed E-state index contributed by atoms with van der Waals surface area (Å²) in [4.78, 5) is 28.8. The van der Waals surface area contributed by atoms with Crippen molar-refractivity contribution >= 4 is 46.5 Å². The van der Waals surface area contributed by atoms with E-state index in [-0.39, 0.29) is 34.0 Å². The lowest BCUT2D eigenvalue weighted by atomic mass is 9.85. The van der Waals surface area contributed by atoms with Crippen LogP contribution in [-0.4, -0.2) is 62.4 Å². The number of thiophene rings is 1. The number of methoxy groups -OCH3 is 2. The fraction of sp³-hybridized carbons (Fsp3) is 0.303. The molecule has 10 nitrogen and oxygen atoms in total. The zero-order valence-corrected chi connectivity index (χ0v) is 27.7. The number of likely N-dealkylation sites (tertiary alicyclic amines) is 1. The van der Waals surface area contributed by atoms with Gasteiger partial charge in [-0.05, 0) is 48.4 Å². The van der Waals surface area contributed by atoms with Crippen molar-refractivity contribution in [3.05, 3.63) is 114 Å². The number of esters is 1. The van der Waals surface area contributed by atoms with Crippen molar-refractivity contribution in [2.75, 3.05) is 34.4 Å². The lowest BCUT2D eigenvalue weighted by Crippen LogP contribution is -2.51. The summed E-state index contributed by atoms with van der Waals surface area (Å²) < 4.78 is 17.2. The van der Waals surface area contributed by atoms with Gasteiger partial charge < -0.3 is 24.5 Å². The maximum atomic E-state index is 13.3. The van der Waals surface area contributed by atoms with Crippen LogP contribution in [0, 0.1) is 5.21 Å². The minimum atomic E-state index is -1.10. The lowest BCUT2D eigenvalue weighted by molar-refractivity contribution is -0.605. The minimum Gasteiger partial charge on any atom is -0.619 e. The van der Waals surface area contributed by atoms with Crippen LogP contribution in [0.4, 0.5) is 0 Å². The number of nitrogens with one attached hydrogen (secondary N) is 1. The summed E-state index contributed by atoms with van der Waals surface area (Å²) in [5.41, 5.74) is 2.47. The molecular formula is C33H33Cl2N3O7S. The fourth-order valence-corrected chi connectivity index (χ4v) is 7.12. The Morgan fingerprint density at radius 2 is 1.72 bits per heavy atom. The predicted molar refractivity (Wildman–Crippen MR) is 175 cm³/mol. The highest BCUT2D eigenvalue weighted by Gasteiger charge is 2.32. The van der Waals surface area contributed by atoms with E-state index in [1.165, 1.54) is 26.6 Å². The van der Waals surface area contributed by atoms with Gasteiger partial charge in [0.1, 0.15) is 27.1 Å². The number of aromatic nitrogens is 1. The standard InChI is InChI=1S/C33H33Cl2N3O7S/c1-37-15-21(16-37)45-33(41)30(19-7-5-4-6-8-19)36-14-22-12-24(31(46-22)32(39)40)23(13-25-26(34)17-38(42)18-27(25)35)20-9-10-28(43-2)29(11-20)44-3/h4-12,17-18,21,23,30,36H,13-16H2,1-3H3,(H,39,40)/t23-,30?/m0/s1. The van der Waals surface area contributed by atoms with Crippen molar-refractivity contribution < 1.29 is 33.6 Å². The summed E-state index contributed by atoms with van der Waals surface area (Å²) in [6, 6.07) is 15.7. The molecule has 1 saturated heterocycles. The number of likely N-dealkylation sites (N-methyl/N-ethyl adjacent to an activating group) is 1. The summed E-state index contributed by atoms with van der Waals surface area (Å²) in [5.74, 6) is -1.09. The third-order valence-corrected chi connectivity index (χ3v) is 9.61. The van der Waals surface area contributed by atoms with Crippen LogP contribution in [-0.2, 0) is 22.5 Å². The minimum absolute atomic E-state index is 0.120. The highest BCUT2D eigenvalue weighted by Crippen LogP contribution is 2.41. The molecule has 1 aliphatic rings. The number of nitrogens with zero attached hydrogens (tertiary/aromatic N) is 2. The molecule has 1 unspecified atom stereocenters. The van der Waals surface area contributed by atoms with Crippen molar-refractivity contribution in [1.29, 1.82) is 0 Å². The van der Waals surface area contributed by atoms with E-state index in [0.717, 1.165) is 22.5 Å². The number of rotatable bonds is 13. The lowest BCUT2D eigenvalue weighted by Gasteiger charge is -2.36. The van der Waals surface area contributed by atoms with Crippen molar-refractivity contribution in [3.8, 4) is 11.5 Å². The highest BCUT2D eigenvalue weighted by molar-refractivity contribution is 7.14. The molecule has 0 aliphatic carbocycles. The summed E-state index contributed by atoms with van der Waals surface area (Å²) in [7, 11) is 5.00. The number of carboxylic acids is 1. The van der Waals surface area contributed by atoms with Crippen molar-refractivity contribution in [2.45, 2.75) is 31.0 Å². The van der Waals surface area contributed by atoms with E-state index in [0.29, 0.717) is 45.3 Å². The first-order valence-electron chi connectivity index (χ1n) is 14.4. The molecular weight excluding hydrogens is 653 g/mol. The zero-order valence-electron chi connectivity index (χ0n) is 25.4. The number of halogens is 2. The molecule has 0 radical (unpaired) electrons. The Balaban J connectivity index is 1.51. The molecule has 0 saturated carbocycles. The number of carbonyl (C=O) groups is 2. The maximum Gasteiger partial charge on any atom is 0.346 e. The molecule has 2 aromatic heterocycles. The molecule has 0 spiro atoms. The molecule has 1 fully saturated rings. The van der Waals surface area contributed by atoms with Crippen molar-refractivity contribution in [1.82, 2.24) is 10.2 Å². The van der Waals surface area contributed by atoms with Crippen LogP contribution < -0.4 is 19.5 Å². The Kier molecular flexibility index (Phi) is 10.7. The molecule has 5 rings (SSSR count). The van der Waals surface area contributed by atoms with Gasteiger partial charge in [0.05, 0.1) is 14.2 Å². The third kappa shape index (κ3) is 7.56. The molecule has 13 heteroatoms. The van der Waals surface area contributed by atoms with Gasteiger partial charge in [-0.1, -0.05) is 59.6 Å². The van der Waals surface area contributed by atoms with Gasteiger partial charge in [-0.25, -0.2) is 9.59 Å². The fourth-order valence-electron chi connectivity index (χ4n) is 5.51. The van der Waals surface area contributed by atoms with E-state index < -0.39 is 23.9 Å². The van der Waals surface area contributed by atoms with Crippen LogP contribution in [0.25, 0.3) is 0 Å². The van der Waals surface area contributed by atoms with Gasteiger partial charge in [-0.15, -0.1) is 11.3 Å². The Labute approximate surface area is 280 Å². The molecule has 0 bridgehead atoms. The number of hydrogen-bond acceptors (Lipinski definition) is 9. The average molecular weight is 687 g/mol. The second kappa shape index (κ2) is 14.7. The Hall–Kier alpha value is -3.87. The van der Waals surface area contributed by atoms with Crippen LogP contribution >= 0.6 is 34.5 Å². The van der Waals surface area contributed by atoms with Gasteiger partial charge in [0.15, 0.2) is 23.9 Å². The Bertz CT molecular complexity index is 1690. The molecule has 2 N–H and O–H groups in total. The van der Waals surface area contributed by atoms with Gasteiger partial charge >= 0.3 is 11.9 Å². The number of benzene rings is 2. The van der Waals surface area contributed by atoms with E-state index in [4.69, 9.17) is 37.4 Å². The maximum absolute atomic E-state index is 13.3. The summed E-state index contributed by atoms with van der Waals surface area (Å²) in [6.45, 7) is 1.54. The molecule has 1 aliphatic heterocycles. The van der Waals surface area contributed by atoms with Gasteiger partial charge in [0.25, 0.3) is 0 Å². The van der Waals surface area contributed by atoms with Crippen LogP contribution in [0.15, 0.2) is 67.0 Å². The van der Waals surface area contributed by atoms with Crippen LogP contribution in [0.2, 0.25) is 10.0 Å². The number of aromatic carboxylic acids is 1. The van der Waals surface area contributed by atoms with Gasteiger partial charge in [-0.3, -0.25) is 10.2 Å². The summed E-state index contributed by atoms with van der Waals surface area (Å²) >= 11 is 14.1. The Morgan fingerprint density at radius 3 is 2.33 bits per heavy atom. The number of carbonyl (C=O) groups excluding carboxylic acids is 1. The summed E-state index contributed by atoms with van der Waals surface area (Å²) in [6.07, 6.45) is 2.43. The topological polar surface area (TPSA) is 124 Å². The molecule has 46 heavy (non-hydrogen) atoms. The predicted octanol–water partition coefficient (Wildman–Crippen LogP) is 5.47. The molecule has 0 amide bonds. The van der Waals surface area contributed by atoms with Crippen molar-refractivity contribution in [3.63, 3.8) is 0 Å². The first kappa shape index (κ1) is 33.5. The van der Waals surface area contributed by atoms with E-state index in [1.54, 1.807) is 12.1 Å². The molecule has 2 atom stereocenters. The number of pyridine rings is 1. The normalized spacial score (nSPS) is 14.7. The molecule has 242 valence electrons. The smallest absolute Gasteiger partial charge is 0.346 e. The Morgan fingerprint density at radius 1 is 1.04 bits per heavy atom. The monoisotopic (exact) mass is 685 g/mol. The second-order valence-electron chi connectivity index (χ2n) is 11.0. The molecule has 2 aromatic carbocycles. The SMILES string of the molecule is COc1ccc([C@H](Cc2c(Cl)c[n+]([O-])cc2Cl)c2cc(CNC(C(=O)OC3CN(C)C3)c3ccccc3)sc2C(=O)O)cc1OC. The second-order valence-corrected chi connectivity index (χ2v) is 12.9. The molecule has 3 heterocycles. The van der Waals surface area contributed by atoms with E-state index in [1.807, 2.05) is 49.5 Å². The first-order chi connectivity index (χ1) is 22.1. The van der Waals surface area contributed by atoms with Crippen molar-refractivity contribution in [2.24, 2.45) is 0 Å². The third-order valence-electron chi connectivity index (χ3n) is 7.82. The number of hydrogen-bond donors (Lipinski definition) is 2. The van der Waals surface area contributed by atoms with E-state index in [2.05, 4.69) is 10.2 Å². The van der Waals surface area contributed by atoms with Gasteiger partial charge in [0, 0.05) is 36.0 Å². The first-order valence-corrected chi connectivity index (χ1v) is 16.0.